The van der Waals surface area contributed by atoms with Gasteiger partial charge in [0.25, 0.3) is 0 Å². The van der Waals surface area contributed by atoms with Gasteiger partial charge < -0.3 is 5.32 Å². The van der Waals surface area contributed by atoms with Crippen molar-refractivity contribution in [3.05, 3.63) is 63.1 Å². The molecule has 2 aromatic carbocycles. The molecule has 2 heterocycles. The van der Waals surface area contributed by atoms with E-state index in [0.29, 0.717) is 18.7 Å². The molecule has 3 nitrogen and oxygen atoms in total. The van der Waals surface area contributed by atoms with E-state index < -0.39 is 11.7 Å². The standard InChI is InChI=1S/C18H12BrClF3N3/c19-13-3-1-2-4-15(13)26-17-11(7-8-24-17)16(25-26)12-9-10(18(21,22)23)5-6-14(12)20/h1-6,9,24H,7-8H2. The molecule has 4 rings (SSSR count). The number of aromatic nitrogens is 2. The number of nitrogens with zero attached hydrogens (tertiary/aromatic N) is 2. The first-order valence-electron chi connectivity index (χ1n) is 7.84. The molecular formula is C18H12BrClF3N3. The maximum Gasteiger partial charge on any atom is 0.416 e. The van der Waals surface area contributed by atoms with Crippen molar-refractivity contribution in [3.8, 4) is 16.9 Å². The van der Waals surface area contributed by atoms with Gasteiger partial charge in [-0.15, -0.1) is 0 Å². The molecule has 0 saturated carbocycles. The highest BCUT2D eigenvalue weighted by molar-refractivity contribution is 9.10. The minimum Gasteiger partial charge on any atom is -0.369 e. The number of benzene rings is 2. The molecule has 0 radical (unpaired) electrons. The molecule has 1 N–H and O–H groups in total. The lowest BCUT2D eigenvalue weighted by molar-refractivity contribution is -0.137. The fraction of sp³-hybridized carbons (Fsp3) is 0.167. The van der Waals surface area contributed by atoms with E-state index in [9.17, 15) is 13.2 Å². The first kappa shape index (κ1) is 17.4. The Morgan fingerprint density at radius 2 is 1.92 bits per heavy atom. The van der Waals surface area contributed by atoms with Crippen molar-refractivity contribution in [3.63, 3.8) is 0 Å². The highest BCUT2D eigenvalue weighted by atomic mass is 79.9. The average Bonchev–Trinajstić information content (AvgIpc) is 3.18. The molecule has 1 aromatic heterocycles. The largest absolute Gasteiger partial charge is 0.416 e. The van der Waals surface area contributed by atoms with Gasteiger partial charge in [-0.2, -0.15) is 18.3 Å². The number of alkyl halides is 3. The summed E-state index contributed by atoms with van der Waals surface area (Å²) in [6.45, 7) is 0.696. The minimum atomic E-state index is -4.44. The molecule has 0 aliphatic carbocycles. The number of anilines is 1. The Balaban J connectivity index is 1.93. The second kappa shape index (κ2) is 6.32. The second-order valence-electron chi connectivity index (χ2n) is 5.91. The summed E-state index contributed by atoms with van der Waals surface area (Å²) < 4.78 is 41.9. The molecular weight excluding hydrogens is 431 g/mol. The predicted octanol–water partition coefficient (Wildman–Crippen LogP) is 5.94. The van der Waals surface area contributed by atoms with Crippen molar-refractivity contribution in [1.29, 1.82) is 0 Å². The van der Waals surface area contributed by atoms with E-state index in [-0.39, 0.29) is 10.6 Å². The number of fused-ring (bicyclic) bond motifs is 1. The third kappa shape index (κ3) is 2.89. The predicted molar refractivity (Wildman–Crippen MR) is 98.9 cm³/mol. The van der Waals surface area contributed by atoms with Crippen LogP contribution in [0, 0.1) is 0 Å². The summed E-state index contributed by atoms with van der Waals surface area (Å²) in [6.07, 6.45) is -3.77. The zero-order valence-corrected chi connectivity index (χ0v) is 15.6. The third-order valence-electron chi connectivity index (χ3n) is 4.28. The van der Waals surface area contributed by atoms with Crippen molar-refractivity contribution in [1.82, 2.24) is 9.78 Å². The second-order valence-corrected chi connectivity index (χ2v) is 7.17. The van der Waals surface area contributed by atoms with Gasteiger partial charge in [0.05, 0.1) is 22.0 Å². The summed E-state index contributed by atoms with van der Waals surface area (Å²) in [5.41, 5.74) is 1.67. The normalized spacial score (nSPS) is 13.6. The average molecular weight is 443 g/mol. The van der Waals surface area contributed by atoms with Crippen LogP contribution in [0.15, 0.2) is 46.9 Å². The van der Waals surface area contributed by atoms with Crippen LogP contribution in [-0.2, 0) is 12.6 Å². The molecule has 0 spiro atoms. The van der Waals surface area contributed by atoms with Gasteiger partial charge >= 0.3 is 6.18 Å². The van der Waals surface area contributed by atoms with E-state index in [1.54, 1.807) is 4.68 Å². The molecule has 1 aliphatic heterocycles. The van der Waals surface area contributed by atoms with E-state index in [4.69, 9.17) is 11.6 Å². The molecule has 0 unspecified atom stereocenters. The van der Waals surface area contributed by atoms with Crippen molar-refractivity contribution < 1.29 is 13.2 Å². The summed E-state index contributed by atoms with van der Waals surface area (Å²) in [5.74, 6) is 0.778. The maximum absolute atomic E-state index is 13.1. The van der Waals surface area contributed by atoms with Gasteiger partial charge in [0.1, 0.15) is 5.82 Å². The molecule has 1 aliphatic rings. The Labute approximate surface area is 160 Å². The van der Waals surface area contributed by atoms with Crippen molar-refractivity contribution in [2.75, 3.05) is 11.9 Å². The Morgan fingerprint density at radius 1 is 1.15 bits per heavy atom. The molecule has 0 fully saturated rings. The molecule has 3 aromatic rings. The number of hydrogen-bond acceptors (Lipinski definition) is 2. The smallest absolute Gasteiger partial charge is 0.369 e. The van der Waals surface area contributed by atoms with E-state index in [2.05, 4.69) is 26.3 Å². The van der Waals surface area contributed by atoms with Gasteiger partial charge in [0, 0.05) is 22.1 Å². The Kier molecular flexibility index (Phi) is 4.23. The highest BCUT2D eigenvalue weighted by Crippen LogP contribution is 2.41. The maximum atomic E-state index is 13.1. The van der Waals surface area contributed by atoms with Crippen molar-refractivity contribution in [2.24, 2.45) is 0 Å². The lowest BCUT2D eigenvalue weighted by Crippen LogP contribution is -2.06. The van der Waals surface area contributed by atoms with Gasteiger partial charge in [-0.3, -0.25) is 0 Å². The van der Waals surface area contributed by atoms with Crippen LogP contribution >= 0.6 is 27.5 Å². The van der Waals surface area contributed by atoms with E-state index in [1.807, 2.05) is 24.3 Å². The molecule has 0 bridgehead atoms. The number of para-hydroxylation sites is 1. The van der Waals surface area contributed by atoms with Gasteiger partial charge in [0.2, 0.25) is 0 Å². The first-order valence-corrected chi connectivity index (χ1v) is 9.01. The number of nitrogens with one attached hydrogen (secondary N) is 1. The Bertz CT molecular complexity index is 998. The summed E-state index contributed by atoms with van der Waals surface area (Å²) in [5, 5.41) is 8.09. The van der Waals surface area contributed by atoms with Crippen LogP contribution in [-0.4, -0.2) is 16.3 Å². The lowest BCUT2D eigenvalue weighted by Gasteiger charge is -2.10. The van der Waals surface area contributed by atoms with Crippen LogP contribution in [0.3, 0.4) is 0 Å². The van der Waals surface area contributed by atoms with Crippen molar-refractivity contribution in [2.45, 2.75) is 12.6 Å². The molecule has 0 atom stereocenters. The first-order chi connectivity index (χ1) is 12.4. The topological polar surface area (TPSA) is 29.9 Å². The minimum absolute atomic E-state index is 0.240. The third-order valence-corrected chi connectivity index (χ3v) is 5.28. The number of hydrogen-bond donors (Lipinski definition) is 1. The summed E-state index contributed by atoms with van der Waals surface area (Å²) in [4.78, 5) is 0. The number of rotatable bonds is 2. The van der Waals surface area contributed by atoms with Gasteiger partial charge in [-0.1, -0.05) is 23.7 Å². The summed E-state index contributed by atoms with van der Waals surface area (Å²) >= 11 is 9.72. The molecule has 134 valence electrons. The fourth-order valence-electron chi connectivity index (χ4n) is 3.07. The van der Waals surface area contributed by atoms with Crippen LogP contribution < -0.4 is 5.32 Å². The number of halogens is 5. The van der Waals surface area contributed by atoms with Gasteiger partial charge in [-0.25, -0.2) is 4.68 Å². The van der Waals surface area contributed by atoms with Gasteiger partial charge in [-0.05, 0) is 52.7 Å². The zero-order chi connectivity index (χ0) is 18.5. The Hall–Kier alpha value is -1.99. The molecule has 0 saturated heterocycles. The van der Waals surface area contributed by atoms with E-state index in [1.165, 1.54) is 6.07 Å². The molecule has 8 heteroatoms. The van der Waals surface area contributed by atoms with E-state index in [0.717, 1.165) is 33.7 Å². The van der Waals surface area contributed by atoms with Gasteiger partial charge in [0.15, 0.2) is 0 Å². The zero-order valence-electron chi connectivity index (χ0n) is 13.2. The van der Waals surface area contributed by atoms with E-state index >= 15 is 0 Å². The van der Waals surface area contributed by atoms with Crippen LogP contribution in [0.5, 0.6) is 0 Å². The molecule has 26 heavy (non-hydrogen) atoms. The van der Waals surface area contributed by atoms with Crippen LogP contribution in [0.1, 0.15) is 11.1 Å². The van der Waals surface area contributed by atoms with Crippen LogP contribution in [0.4, 0.5) is 19.0 Å². The lowest BCUT2D eigenvalue weighted by atomic mass is 10.0. The SMILES string of the molecule is FC(F)(F)c1ccc(Cl)c(-c2nn(-c3ccccc3Br)c3c2CCN3)c1. The highest BCUT2D eigenvalue weighted by Gasteiger charge is 2.32. The Morgan fingerprint density at radius 3 is 2.65 bits per heavy atom. The summed E-state index contributed by atoms with van der Waals surface area (Å²) in [6, 6.07) is 10.8. The van der Waals surface area contributed by atoms with Crippen molar-refractivity contribution >= 4 is 33.3 Å². The summed E-state index contributed by atoms with van der Waals surface area (Å²) in [7, 11) is 0. The van der Waals surface area contributed by atoms with Crippen LogP contribution in [0.2, 0.25) is 5.02 Å². The fourth-order valence-corrected chi connectivity index (χ4v) is 3.73. The quantitative estimate of drug-likeness (QED) is 0.532. The van der Waals surface area contributed by atoms with Crippen LogP contribution in [0.25, 0.3) is 16.9 Å². The monoisotopic (exact) mass is 441 g/mol. The molecule has 0 amide bonds.